The number of ether oxygens (including phenoxy) is 3. The number of fused-ring (bicyclic) bond motifs is 2. The topological polar surface area (TPSA) is 79.7 Å². The third-order valence-corrected chi connectivity index (χ3v) is 5.79. The van der Waals surface area contributed by atoms with E-state index in [2.05, 4.69) is 4.98 Å². The standard InChI is InChI=1S/C18H15ClN2O5S/c1-3-24-18(23)15-9(2)14-16(27-15)20-7-21(17(14)22)6-10-4-12-13(5-11(10)19)26-8-25-12/h4-5,7H,3,6,8H2,1-2H3. The Kier molecular flexibility index (Phi) is 4.53. The molecule has 3 aromatic rings. The third-order valence-electron chi connectivity index (χ3n) is 4.26. The van der Waals surface area contributed by atoms with Crippen LogP contribution in [0.5, 0.6) is 11.5 Å². The summed E-state index contributed by atoms with van der Waals surface area (Å²) in [6.45, 7) is 4.11. The summed E-state index contributed by atoms with van der Waals surface area (Å²) in [5.41, 5.74) is 1.05. The fourth-order valence-corrected chi connectivity index (χ4v) is 4.17. The second-order valence-corrected chi connectivity index (χ2v) is 7.34. The largest absolute Gasteiger partial charge is 0.462 e. The van der Waals surface area contributed by atoms with Gasteiger partial charge in [-0.05, 0) is 31.0 Å². The van der Waals surface area contributed by atoms with Crippen molar-refractivity contribution in [3.05, 3.63) is 49.8 Å². The predicted octanol–water partition coefficient (Wildman–Crippen LogP) is 3.37. The van der Waals surface area contributed by atoms with E-state index < -0.39 is 5.97 Å². The zero-order valence-corrected chi connectivity index (χ0v) is 16.1. The van der Waals surface area contributed by atoms with E-state index in [9.17, 15) is 9.59 Å². The zero-order chi connectivity index (χ0) is 19.1. The Morgan fingerprint density at radius 2 is 2.11 bits per heavy atom. The molecule has 0 unspecified atom stereocenters. The lowest BCUT2D eigenvalue weighted by atomic mass is 10.2. The highest BCUT2D eigenvalue weighted by Crippen LogP contribution is 2.37. The molecule has 0 aliphatic carbocycles. The van der Waals surface area contributed by atoms with E-state index in [4.69, 9.17) is 25.8 Å². The fraction of sp³-hybridized carbons (Fsp3) is 0.278. The van der Waals surface area contributed by atoms with Gasteiger partial charge in [0.25, 0.3) is 5.56 Å². The molecule has 4 rings (SSSR count). The number of benzene rings is 1. The van der Waals surface area contributed by atoms with Gasteiger partial charge in [0.05, 0.1) is 24.9 Å². The number of esters is 1. The molecule has 140 valence electrons. The van der Waals surface area contributed by atoms with Crippen molar-refractivity contribution in [1.29, 1.82) is 0 Å². The Morgan fingerprint density at radius 3 is 2.85 bits per heavy atom. The quantitative estimate of drug-likeness (QED) is 0.618. The van der Waals surface area contributed by atoms with Gasteiger partial charge in [-0.15, -0.1) is 11.3 Å². The van der Waals surface area contributed by atoms with E-state index in [1.165, 1.54) is 10.9 Å². The summed E-state index contributed by atoms with van der Waals surface area (Å²) in [4.78, 5) is 30.3. The van der Waals surface area contributed by atoms with E-state index in [0.717, 1.165) is 11.3 Å². The lowest BCUT2D eigenvalue weighted by Crippen LogP contribution is -2.21. The Morgan fingerprint density at radius 1 is 1.37 bits per heavy atom. The molecule has 7 nitrogen and oxygen atoms in total. The first kappa shape index (κ1) is 17.8. The minimum Gasteiger partial charge on any atom is -0.462 e. The number of halogens is 1. The molecule has 0 saturated carbocycles. The molecule has 0 saturated heterocycles. The summed E-state index contributed by atoms with van der Waals surface area (Å²) >= 11 is 7.47. The number of aryl methyl sites for hydroxylation is 1. The highest BCUT2D eigenvalue weighted by atomic mass is 35.5. The first-order valence-corrected chi connectivity index (χ1v) is 9.42. The summed E-state index contributed by atoms with van der Waals surface area (Å²) in [6.07, 6.45) is 1.45. The molecule has 0 fully saturated rings. The molecule has 0 atom stereocenters. The van der Waals surface area contributed by atoms with Crippen LogP contribution < -0.4 is 15.0 Å². The maximum absolute atomic E-state index is 13.0. The second-order valence-electron chi connectivity index (χ2n) is 5.93. The van der Waals surface area contributed by atoms with Gasteiger partial charge in [0.15, 0.2) is 11.5 Å². The summed E-state index contributed by atoms with van der Waals surface area (Å²) in [7, 11) is 0. The summed E-state index contributed by atoms with van der Waals surface area (Å²) < 4.78 is 17.2. The molecular formula is C18H15ClN2O5S. The Labute approximate surface area is 163 Å². The smallest absolute Gasteiger partial charge is 0.348 e. The van der Waals surface area contributed by atoms with Crippen LogP contribution in [0.3, 0.4) is 0 Å². The molecule has 0 N–H and O–H groups in total. The molecule has 0 amide bonds. The van der Waals surface area contributed by atoms with Crippen molar-refractivity contribution in [2.75, 3.05) is 13.4 Å². The van der Waals surface area contributed by atoms with Crippen LogP contribution in [0.15, 0.2) is 23.3 Å². The lowest BCUT2D eigenvalue weighted by molar-refractivity contribution is 0.0531. The van der Waals surface area contributed by atoms with Crippen LogP contribution >= 0.6 is 22.9 Å². The maximum Gasteiger partial charge on any atom is 0.348 e. The van der Waals surface area contributed by atoms with Gasteiger partial charge in [0.2, 0.25) is 6.79 Å². The zero-order valence-electron chi connectivity index (χ0n) is 14.6. The average molecular weight is 407 g/mol. The number of hydrogen-bond acceptors (Lipinski definition) is 7. The number of rotatable bonds is 4. The van der Waals surface area contributed by atoms with Crippen molar-refractivity contribution in [2.45, 2.75) is 20.4 Å². The number of aromatic nitrogens is 2. The van der Waals surface area contributed by atoms with E-state index >= 15 is 0 Å². The van der Waals surface area contributed by atoms with Crippen molar-refractivity contribution >= 4 is 39.1 Å². The van der Waals surface area contributed by atoms with E-state index in [1.54, 1.807) is 26.0 Å². The highest BCUT2D eigenvalue weighted by molar-refractivity contribution is 7.20. The van der Waals surface area contributed by atoms with Crippen LogP contribution in [0.25, 0.3) is 10.2 Å². The molecule has 1 aliphatic rings. The predicted molar refractivity (Wildman–Crippen MR) is 101 cm³/mol. The van der Waals surface area contributed by atoms with E-state index in [1.807, 2.05) is 0 Å². The monoisotopic (exact) mass is 406 g/mol. The summed E-state index contributed by atoms with van der Waals surface area (Å²) in [5, 5.41) is 0.892. The second kappa shape index (κ2) is 6.86. The summed E-state index contributed by atoms with van der Waals surface area (Å²) in [5.74, 6) is 0.730. The molecule has 3 heterocycles. The molecular weight excluding hydrogens is 392 g/mol. The molecule has 0 spiro atoms. The van der Waals surface area contributed by atoms with Gasteiger partial charge < -0.3 is 14.2 Å². The van der Waals surface area contributed by atoms with Crippen molar-refractivity contribution in [1.82, 2.24) is 9.55 Å². The molecule has 0 bridgehead atoms. The summed E-state index contributed by atoms with van der Waals surface area (Å²) in [6, 6.07) is 3.43. The van der Waals surface area contributed by atoms with Crippen LogP contribution in [-0.4, -0.2) is 28.9 Å². The van der Waals surface area contributed by atoms with Crippen LogP contribution in [-0.2, 0) is 11.3 Å². The van der Waals surface area contributed by atoms with Crippen LogP contribution in [0, 0.1) is 6.92 Å². The molecule has 0 radical (unpaired) electrons. The number of thiophene rings is 1. The molecule has 9 heteroatoms. The Bertz CT molecular complexity index is 1120. The van der Waals surface area contributed by atoms with Gasteiger partial charge in [0, 0.05) is 11.1 Å². The highest BCUT2D eigenvalue weighted by Gasteiger charge is 2.21. The van der Waals surface area contributed by atoms with Gasteiger partial charge in [-0.1, -0.05) is 11.6 Å². The molecule has 27 heavy (non-hydrogen) atoms. The normalized spacial score (nSPS) is 12.6. The maximum atomic E-state index is 13.0. The van der Waals surface area contributed by atoms with Crippen molar-refractivity contribution in [2.24, 2.45) is 0 Å². The van der Waals surface area contributed by atoms with Crippen LogP contribution in [0.1, 0.15) is 27.7 Å². The molecule has 1 aliphatic heterocycles. The molecule has 2 aromatic heterocycles. The Hall–Kier alpha value is -2.58. The Balaban J connectivity index is 1.76. The first-order valence-electron chi connectivity index (χ1n) is 8.23. The van der Waals surface area contributed by atoms with Gasteiger partial charge in [-0.3, -0.25) is 9.36 Å². The number of hydrogen-bond donors (Lipinski definition) is 0. The van der Waals surface area contributed by atoms with Gasteiger partial charge in [-0.2, -0.15) is 0 Å². The van der Waals surface area contributed by atoms with Crippen molar-refractivity contribution < 1.29 is 19.0 Å². The fourth-order valence-electron chi connectivity index (χ4n) is 2.93. The minimum atomic E-state index is -0.442. The van der Waals surface area contributed by atoms with Gasteiger partial charge in [0.1, 0.15) is 9.71 Å². The number of carbonyl (C=O) groups is 1. The van der Waals surface area contributed by atoms with Crippen LogP contribution in [0.2, 0.25) is 5.02 Å². The minimum absolute atomic E-state index is 0.146. The SMILES string of the molecule is CCOC(=O)c1sc2ncn(Cc3cc4c(cc3Cl)OCO4)c(=O)c2c1C. The van der Waals surface area contributed by atoms with Gasteiger partial charge >= 0.3 is 5.97 Å². The van der Waals surface area contributed by atoms with Gasteiger partial charge in [-0.25, -0.2) is 9.78 Å². The van der Waals surface area contributed by atoms with E-state index in [-0.39, 0.29) is 25.5 Å². The molecule has 1 aromatic carbocycles. The average Bonchev–Trinajstić information content (AvgIpc) is 3.22. The van der Waals surface area contributed by atoms with Crippen LogP contribution in [0.4, 0.5) is 0 Å². The number of carbonyl (C=O) groups excluding carboxylic acids is 1. The third kappa shape index (κ3) is 3.04. The van der Waals surface area contributed by atoms with Crippen molar-refractivity contribution in [3.63, 3.8) is 0 Å². The van der Waals surface area contributed by atoms with E-state index in [0.29, 0.717) is 42.7 Å². The van der Waals surface area contributed by atoms with Crippen molar-refractivity contribution in [3.8, 4) is 11.5 Å². The lowest BCUT2D eigenvalue weighted by Gasteiger charge is -2.09. The number of nitrogens with zero attached hydrogens (tertiary/aromatic N) is 2. The first-order chi connectivity index (χ1) is 13.0.